The third-order valence-corrected chi connectivity index (χ3v) is 3.76. The average molecular weight is 341 g/mol. The third kappa shape index (κ3) is 4.54. The van der Waals surface area contributed by atoms with Crippen LogP contribution in [0.25, 0.3) is 0 Å². The second kappa shape index (κ2) is 7.97. The number of nitrogens with two attached hydrogens (primary N) is 1. The van der Waals surface area contributed by atoms with E-state index in [-0.39, 0.29) is 12.4 Å². The third-order valence-electron chi connectivity index (χ3n) is 2.21. The van der Waals surface area contributed by atoms with E-state index in [1.807, 2.05) is 6.07 Å². The summed E-state index contributed by atoms with van der Waals surface area (Å²) in [5, 5.41) is 9.56. The number of hydrogen-bond donors (Lipinski definition) is 1. The smallest absolute Gasteiger partial charge is 0.276 e. The van der Waals surface area contributed by atoms with Crippen LogP contribution >= 0.6 is 47.4 Å². The maximum Gasteiger partial charge on any atom is 0.276 e. The standard InChI is InChI=1S/C11H11Cl2N3OS.ClH/c12-8-2-1-3-9(13)7(8)6-18-11-16-15-10(17-11)4-5-14;/h1-3H,4-6,14H2;1H. The minimum Gasteiger partial charge on any atom is -0.416 e. The van der Waals surface area contributed by atoms with Gasteiger partial charge in [-0.2, -0.15) is 0 Å². The van der Waals surface area contributed by atoms with Gasteiger partial charge in [0, 0.05) is 28.8 Å². The van der Waals surface area contributed by atoms with Crippen molar-refractivity contribution in [3.05, 3.63) is 39.7 Å². The summed E-state index contributed by atoms with van der Waals surface area (Å²) in [4.78, 5) is 0. The maximum atomic E-state index is 6.07. The molecule has 2 aromatic rings. The van der Waals surface area contributed by atoms with Gasteiger partial charge in [-0.15, -0.1) is 22.6 Å². The van der Waals surface area contributed by atoms with Gasteiger partial charge < -0.3 is 10.2 Å². The van der Waals surface area contributed by atoms with Crippen molar-refractivity contribution in [1.29, 1.82) is 0 Å². The maximum absolute atomic E-state index is 6.07. The highest BCUT2D eigenvalue weighted by Crippen LogP contribution is 2.30. The molecule has 1 aromatic carbocycles. The number of nitrogens with zero attached hydrogens (tertiary/aromatic N) is 2. The van der Waals surface area contributed by atoms with Crippen molar-refractivity contribution in [1.82, 2.24) is 10.2 Å². The summed E-state index contributed by atoms with van der Waals surface area (Å²) in [6.45, 7) is 0.489. The van der Waals surface area contributed by atoms with Crippen molar-refractivity contribution in [3.63, 3.8) is 0 Å². The van der Waals surface area contributed by atoms with Crippen LogP contribution in [0.1, 0.15) is 11.5 Å². The van der Waals surface area contributed by atoms with Gasteiger partial charge in [-0.05, 0) is 17.7 Å². The summed E-state index contributed by atoms with van der Waals surface area (Å²) < 4.78 is 5.40. The van der Waals surface area contributed by atoms with Crippen LogP contribution in [0.5, 0.6) is 0 Å². The number of aromatic nitrogens is 2. The predicted molar refractivity (Wildman–Crippen MR) is 80.3 cm³/mol. The van der Waals surface area contributed by atoms with Gasteiger partial charge in [0.05, 0.1) is 0 Å². The molecule has 0 spiro atoms. The van der Waals surface area contributed by atoms with E-state index in [4.69, 9.17) is 33.4 Å². The van der Waals surface area contributed by atoms with Gasteiger partial charge in [0.25, 0.3) is 5.22 Å². The Bertz CT molecular complexity index is 515. The summed E-state index contributed by atoms with van der Waals surface area (Å²) in [6.07, 6.45) is 0.584. The molecule has 2 N–H and O–H groups in total. The van der Waals surface area contributed by atoms with Crippen molar-refractivity contribution in [2.75, 3.05) is 6.54 Å². The molecule has 1 aromatic heterocycles. The first-order valence-electron chi connectivity index (χ1n) is 5.29. The summed E-state index contributed by atoms with van der Waals surface area (Å²) in [6, 6.07) is 5.42. The van der Waals surface area contributed by atoms with Crippen molar-refractivity contribution < 1.29 is 4.42 Å². The molecule has 0 saturated heterocycles. The molecule has 0 bridgehead atoms. The zero-order chi connectivity index (χ0) is 13.0. The Balaban J connectivity index is 0.00000180. The Labute approximate surface area is 131 Å². The number of halogens is 3. The Morgan fingerprint density at radius 1 is 1.21 bits per heavy atom. The second-order valence-electron chi connectivity index (χ2n) is 3.49. The minimum atomic E-state index is 0. The lowest BCUT2D eigenvalue weighted by molar-refractivity contribution is 0.414. The zero-order valence-corrected chi connectivity index (χ0v) is 13.0. The van der Waals surface area contributed by atoms with E-state index in [2.05, 4.69) is 10.2 Å². The largest absolute Gasteiger partial charge is 0.416 e. The molecule has 0 unspecified atom stereocenters. The molecule has 8 heteroatoms. The lowest BCUT2D eigenvalue weighted by Gasteiger charge is -2.03. The molecule has 0 saturated carbocycles. The Kier molecular flexibility index (Phi) is 6.96. The minimum absolute atomic E-state index is 0. The predicted octanol–water partition coefficient (Wildman–Crippen LogP) is 3.59. The van der Waals surface area contributed by atoms with Crippen LogP contribution in [0, 0.1) is 0 Å². The molecule has 0 radical (unpaired) electrons. The van der Waals surface area contributed by atoms with E-state index in [0.717, 1.165) is 5.56 Å². The van der Waals surface area contributed by atoms with Gasteiger partial charge >= 0.3 is 0 Å². The van der Waals surface area contributed by atoms with Crippen LogP contribution in [-0.2, 0) is 12.2 Å². The quantitative estimate of drug-likeness (QED) is 0.843. The lowest BCUT2D eigenvalue weighted by atomic mass is 10.2. The molecule has 104 valence electrons. The van der Waals surface area contributed by atoms with Gasteiger partial charge in [-0.1, -0.05) is 41.0 Å². The number of thioether (sulfide) groups is 1. The van der Waals surface area contributed by atoms with Gasteiger partial charge in [0.15, 0.2) is 0 Å². The average Bonchev–Trinajstić information content (AvgIpc) is 2.77. The first-order chi connectivity index (χ1) is 8.70. The van der Waals surface area contributed by atoms with Crippen molar-refractivity contribution in [3.8, 4) is 0 Å². The van der Waals surface area contributed by atoms with Gasteiger partial charge in [0.2, 0.25) is 5.89 Å². The van der Waals surface area contributed by atoms with E-state index in [1.165, 1.54) is 11.8 Å². The van der Waals surface area contributed by atoms with E-state index < -0.39 is 0 Å². The fourth-order valence-electron chi connectivity index (χ4n) is 1.33. The van der Waals surface area contributed by atoms with Gasteiger partial charge in [-0.25, -0.2) is 0 Å². The van der Waals surface area contributed by atoms with Crippen LogP contribution in [0.3, 0.4) is 0 Å². The normalized spacial score (nSPS) is 10.3. The van der Waals surface area contributed by atoms with Crippen molar-refractivity contribution in [2.24, 2.45) is 5.73 Å². The topological polar surface area (TPSA) is 64.9 Å². The molecule has 0 fully saturated rings. The monoisotopic (exact) mass is 339 g/mol. The summed E-state index contributed by atoms with van der Waals surface area (Å²) in [7, 11) is 0. The van der Waals surface area contributed by atoms with E-state index in [9.17, 15) is 0 Å². The molecule has 0 aliphatic carbocycles. The van der Waals surface area contributed by atoms with Crippen LogP contribution in [0.4, 0.5) is 0 Å². The van der Waals surface area contributed by atoms with Gasteiger partial charge in [-0.3, -0.25) is 0 Å². The Hall–Kier alpha value is -0.460. The molecule has 0 atom stereocenters. The van der Waals surface area contributed by atoms with Crippen LogP contribution in [0.15, 0.2) is 27.8 Å². The van der Waals surface area contributed by atoms with Crippen molar-refractivity contribution >= 4 is 47.4 Å². The van der Waals surface area contributed by atoms with E-state index in [1.54, 1.807) is 12.1 Å². The molecule has 0 amide bonds. The van der Waals surface area contributed by atoms with Crippen molar-refractivity contribution in [2.45, 2.75) is 17.4 Å². The number of benzene rings is 1. The molecule has 0 aliphatic rings. The molecular weight excluding hydrogens is 329 g/mol. The Morgan fingerprint density at radius 2 is 1.89 bits per heavy atom. The highest BCUT2D eigenvalue weighted by Gasteiger charge is 2.10. The van der Waals surface area contributed by atoms with Gasteiger partial charge in [0.1, 0.15) is 0 Å². The molecule has 1 heterocycles. The summed E-state index contributed by atoms with van der Waals surface area (Å²) in [5.41, 5.74) is 6.27. The van der Waals surface area contributed by atoms with Crippen LogP contribution in [-0.4, -0.2) is 16.7 Å². The number of hydrogen-bond acceptors (Lipinski definition) is 5. The molecule has 19 heavy (non-hydrogen) atoms. The number of rotatable bonds is 5. The van der Waals surface area contributed by atoms with E-state index >= 15 is 0 Å². The fourth-order valence-corrected chi connectivity index (χ4v) is 2.85. The highest BCUT2D eigenvalue weighted by molar-refractivity contribution is 7.98. The van der Waals surface area contributed by atoms with E-state index in [0.29, 0.717) is 39.9 Å². The molecule has 2 rings (SSSR count). The summed E-state index contributed by atoms with van der Waals surface area (Å²) >= 11 is 13.5. The van der Waals surface area contributed by atoms with Crippen LogP contribution < -0.4 is 5.73 Å². The first-order valence-corrected chi connectivity index (χ1v) is 7.03. The zero-order valence-electron chi connectivity index (χ0n) is 9.81. The fraction of sp³-hybridized carbons (Fsp3) is 0.273. The molecule has 0 aliphatic heterocycles. The SMILES string of the molecule is Cl.NCCc1nnc(SCc2c(Cl)cccc2Cl)o1. The molecular formula is C11H12Cl3N3OS. The first kappa shape index (κ1) is 16.6. The second-order valence-corrected chi connectivity index (χ2v) is 5.23. The summed E-state index contributed by atoms with van der Waals surface area (Å²) in [5.74, 6) is 1.13. The Morgan fingerprint density at radius 3 is 2.53 bits per heavy atom. The molecule has 4 nitrogen and oxygen atoms in total. The van der Waals surface area contributed by atoms with Crippen LogP contribution in [0.2, 0.25) is 10.0 Å². The highest BCUT2D eigenvalue weighted by atomic mass is 35.5. The lowest BCUT2D eigenvalue weighted by Crippen LogP contribution is -2.02.